The van der Waals surface area contributed by atoms with Gasteiger partial charge in [-0.2, -0.15) is 0 Å². The van der Waals surface area contributed by atoms with Gasteiger partial charge in [-0.3, -0.25) is 4.79 Å². The van der Waals surface area contributed by atoms with Crippen LogP contribution in [0.2, 0.25) is 5.02 Å². The summed E-state index contributed by atoms with van der Waals surface area (Å²) in [6.07, 6.45) is 1.14. The number of anilines is 1. The second kappa shape index (κ2) is 5.29. The van der Waals surface area contributed by atoms with Crippen molar-refractivity contribution in [3.05, 3.63) is 64.2 Å². The highest BCUT2D eigenvalue weighted by atomic mass is 35.5. The molecule has 0 amide bonds. The summed E-state index contributed by atoms with van der Waals surface area (Å²) in [5.74, 6) is 0.187. The third-order valence-corrected chi connectivity index (χ3v) is 4.08. The fraction of sp³-hybridized carbons (Fsp3) is 0.235. The van der Waals surface area contributed by atoms with E-state index in [0.717, 1.165) is 23.2 Å². The van der Waals surface area contributed by atoms with Crippen molar-refractivity contribution in [1.82, 2.24) is 0 Å². The van der Waals surface area contributed by atoms with Crippen LogP contribution in [0.15, 0.2) is 42.5 Å². The topological polar surface area (TPSA) is 29.1 Å². The Morgan fingerprint density at radius 2 is 2.10 bits per heavy atom. The maximum atomic E-state index is 12.4. The lowest BCUT2D eigenvalue weighted by atomic mass is 10.0. The number of aryl methyl sites for hydroxylation is 1. The van der Waals surface area contributed by atoms with Crippen molar-refractivity contribution in [2.24, 2.45) is 0 Å². The van der Waals surface area contributed by atoms with Gasteiger partial charge in [0.25, 0.3) is 0 Å². The zero-order valence-electron chi connectivity index (χ0n) is 11.3. The van der Waals surface area contributed by atoms with Crippen LogP contribution in [0.3, 0.4) is 0 Å². The smallest absolute Gasteiger partial charge is 0.159 e. The Morgan fingerprint density at radius 3 is 2.85 bits per heavy atom. The minimum absolute atomic E-state index is 0.134. The van der Waals surface area contributed by atoms with Crippen LogP contribution in [0.5, 0.6) is 0 Å². The SMILES string of the molecule is Cc1ccc(CC(=O)C2Cc3ccccc3N2)c(Cl)c1. The monoisotopic (exact) mass is 285 g/mol. The number of para-hydroxylation sites is 1. The lowest BCUT2D eigenvalue weighted by Gasteiger charge is -2.11. The average Bonchev–Trinajstić information content (AvgIpc) is 2.86. The first-order chi connectivity index (χ1) is 9.63. The van der Waals surface area contributed by atoms with Gasteiger partial charge in [0.1, 0.15) is 0 Å². The van der Waals surface area contributed by atoms with Gasteiger partial charge in [-0.25, -0.2) is 0 Å². The number of hydrogen-bond acceptors (Lipinski definition) is 2. The highest BCUT2D eigenvalue weighted by molar-refractivity contribution is 6.31. The van der Waals surface area contributed by atoms with E-state index in [9.17, 15) is 4.79 Å². The molecule has 3 rings (SSSR count). The van der Waals surface area contributed by atoms with E-state index in [0.29, 0.717) is 11.4 Å². The first-order valence-corrected chi connectivity index (χ1v) is 7.13. The molecular formula is C17H16ClNO. The van der Waals surface area contributed by atoms with Gasteiger partial charge in [0.15, 0.2) is 5.78 Å². The van der Waals surface area contributed by atoms with E-state index in [1.165, 1.54) is 5.56 Å². The summed E-state index contributed by atoms with van der Waals surface area (Å²) in [7, 11) is 0. The maximum absolute atomic E-state index is 12.4. The van der Waals surface area contributed by atoms with Crippen LogP contribution in [-0.2, 0) is 17.6 Å². The number of ketones is 1. The van der Waals surface area contributed by atoms with Crippen molar-refractivity contribution >= 4 is 23.1 Å². The summed E-state index contributed by atoms with van der Waals surface area (Å²) in [6, 6.07) is 13.8. The minimum atomic E-state index is -0.134. The quantitative estimate of drug-likeness (QED) is 0.929. The van der Waals surface area contributed by atoms with Crippen LogP contribution in [0.4, 0.5) is 5.69 Å². The zero-order chi connectivity index (χ0) is 14.1. The first kappa shape index (κ1) is 13.2. The van der Waals surface area contributed by atoms with E-state index in [2.05, 4.69) is 11.4 Å². The number of halogens is 1. The Bertz CT molecular complexity index is 641. The molecular weight excluding hydrogens is 270 g/mol. The van der Waals surface area contributed by atoms with Crippen LogP contribution >= 0.6 is 11.6 Å². The molecule has 2 aromatic carbocycles. The van der Waals surface area contributed by atoms with Crippen LogP contribution in [0, 0.1) is 6.92 Å². The van der Waals surface area contributed by atoms with Gasteiger partial charge in [0.2, 0.25) is 0 Å². The van der Waals surface area contributed by atoms with Gasteiger partial charge < -0.3 is 5.32 Å². The number of Topliss-reactive ketones (excluding diaryl/α,β-unsaturated/α-hetero) is 1. The number of fused-ring (bicyclic) bond motifs is 1. The zero-order valence-corrected chi connectivity index (χ0v) is 12.1. The normalized spacial score (nSPS) is 16.6. The molecule has 1 heterocycles. The molecule has 0 fully saturated rings. The van der Waals surface area contributed by atoms with Crippen molar-refractivity contribution in [1.29, 1.82) is 0 Å². The summed E-state index contributed by atoms with van der Waals surface area (Å²) in [6.45, 7) is 1.99. The lowest BCUT2D eigenvalue weighted by molar-refractivity contribution is -0.119. The fourth-order valence-electron chi connectivity index (χ4n) is 2.60. The average molecular weight is 286 g/mol. The van der Waals surface area contributed by atoms with E-state index in [1.54, 1.807) is 0 Å². The van der Waals surface area contributed by atoms with Gasteiger partial charge >= 0.3 is 0 Å². The molecule has 2 nitrogen and oxygen atoms in total. The van der Waals surface area contributed by atoms with Crippen LogP contribution in [0.25, 0.3) is 0 Å². The third kappa shape index (κ3) is 2.56. The number of nitrogens with one attached hydrogen (secondary N) is 1. The molecule has 0 aliphatic carbocycles. The summed E-state index contributed by atoms with van der Waals surface area (Å²) < 4.78 is 0. The molecule has 2 aromatic rings. The largest absolute Gasteiger partial charge is 0.375 e. The van der Waals surface area contributed by atoms with Gasteiger partial charge in [0.05, 0.1) is 6.04 Å². The molecule has 1 N–H and O–H groups in total. The van der Waals surface area contributed by atoms with E-state index in [1.807, 2.05) is 43.3 Å². The Hall–Kier alpha value is -1.80. The van der Waals surface area contributed by atoms with Crippen LogP contribution in [-0.4, -0.2) is 11.8 Å². The van der Waals surface area contributed by atoms with Crippen molar-refractivity contribution in [2.75, 3.05) is 5.32 Å². The van der Waals surface area contributed by atoms with E-state index < -0.39 is 0 Å². The van der Waals surface area contributed by atoms with Crippen molar-refractivity contribution in [2.45, 2.75) is 25.8 Å². The van der Waals surface area contributed by atoms with Gasteiger partial charge in [-0.1, -0.05) is 41.9 Å². The number of hydrogen-bond donors (Lipinski definition) is 1. The lowest BCUT2D eigenvalue weighted by Crippen LogP contribution is -2.28. The summed E-state index contributed by atoms with van der Waals surface area (Å²) in [4.78, 5) is 12.4. The summed E-state index contributed by atoms with van der Waals surface area (Å²) in [5.41, 5.74) is 4.29. The van der Waals surface area contributed by atoms with E-state index >= 15 is 0 Å². The van der Waals surface area contributed by atoms with Crippen LogP contribution in [0.1, 0.15) is 16.7 Å². The predicted octanol–water partition coefficient (Wildman–Crippen LogP) is 3.80. The van der Waals surface area contributed by atoms with Crippen molar-refractivity contribution in [3.63, 3.8) is 0 Å². The van der Waals surface area contributed by atoms with E-state index in [-0.39, 0.29) is 11.8 Å². The highest BCUT2D eigenvalue weighted by Gasteiger charge is 2.26. The predicted molar refractivity (Wildman–Crippen MR) is 82.5 cm³/mol. The number of carbonyl (C=O) groups excluding carboxylic acids is 1. The van der Waals surface area contributed by atoms with Gasteiger partial charge in [-0.15, -0.1) is 0 Å². The molecule has 20 heavy (non-hydrogen) atoms. The first-order valence-electron chi connectivity index (χ1n) is 6.75. The molecule has 102 valence electrons. The van der Waals surface area contributed by atoms with Gasteiger partial charge in [0, 0.05) is 23.6 Å². The molecule has 1 atom stereocenters. The molecule has 3 heteroatoms. The molecule has 0 aromatic heterocycles. The Morgan fingerprint density at radius 1 is 1.30 bits per heavy atom. The summed E-state index contributed by atoms with van der Waals surface area (Å²) in [5, 5.41) is 3.97. The fourth-order valence-corrected chi connectivity index (χ4v) is 2.90. The van der Waals surface area contributed by atoms with Crippen LogP contribution < -0.4 is 5.32 Å². The molecule has 0 radical (unpaired) electrons. The molecule has 0 bridgehead atoms. The number of carbonyl (C=O) groups is 1. The second-order valence-corrected chi connectivity index (χ2v) is 5.70. The van der Waals surface area contributed by atoms with Gasteiger partial charge in [-0.05, 0) is 35.7 Å². The minimum Gasteiger partial charge on any atom is -0.375 e. The van der Waals surface area contributed by atoms with Crippen molar-refractivity contribution < 1.29 is 4.79 Å². The molecule has 0 saturated carbocycles. The summed E-state index contributed by atoms with van der Waals surface area (Å²) >= 11 is 6.20. The molecule has 1 aliphatic rings. The highest BCUT2D eigenvalue weighted by Crippen LogP contribution is 2.27. The molecule has 1 aliphatic heterocycles. The number of benzene rings is 2. The Balaban J connectivity index is 1.72. The van der Waals surface area contributed by atoms with Crippen molar-refractivity contribution in [3.8, 4) is 0 Å². The molecule has 0 saturated heterocycles. The molecule has 1 unspecified atom stereocenters. The standard InChI is InChI=1S/C17H16ClNO/c1-11-6-7-12(14(18)8-11)10-17(20)16-9-13-4-2-3-5-15(13)19-16/h2-8,16,19H,9-10H2,1H3. The number of rotatable bonds is 3. The third-order valence-electron chi connectivity index (χ3n) is 3.73. The second-order valence-electron chi connectivity index (χ2n) is 5.30. The Kier molecular flexibility index (Phi) is 3.49. The molecule has 0 spiro atoms. The Labute approximate surface area is 123 Å². The maximum Gasteiger partial charge on any atom is 0.159 e. The van der Waals surface area contributed by atoms with E-state index in [4.69, 9.17) is 11.6 Å².